The van der Waals surface area contributed by atoms with Gasteiger partial charge >= 0.3 is 11.9 Å². The zero-order valence-corrected chi connectivity index (χ0v) is 12.3. The quantitative estimate of drug-likeness (QED) is 0.918. The molecule has 0 saturated heterocycles. The molecule has 0 bridgehead atoms. The van der Waals surface area contributed by atoms with E-state index in [9.17, 15) is 22.8 Å². The van der Waals surface area contributed by atoms with E-state index < -0.39 is 28.0 Å². The first-order valence-electron chi connectivity index (χ1n) is 6.02. The average Bonchev–Trinajstić information content (AvgIpc) is 2.43. The number of rotatable bonds is 2. The number of benzene rings is 1. The van der Waals surface area contributed by atoms with E-state index in [0.717, 1.165) is 27.3 Å². The van der Waals surface area contributed by atoms with Gasteiger partial charge in [-0.25, -0.2) is 4.79 Å². The van der Waals surface area contributed by atoms with Crippen molar-refractivity contribution in [2.75, 3.05) is 5.32 Å². The molecule has 0 aliphatic carbocycles. The molecule has 0 spiro atoms. The van der Waals surface area contributed by atoms with Gasteiger partial charge in [0.15, 0.2) is 0 Å². The standard InChI is InChI=1S/C13H11ClF3N3O2/c1-19-10(6-11(21)20(2)12(19)22)18-7-3-4-9(14)8(5-7)13(15,16)17/h3-6,18H,1-2H3. The average molecular weight is 334 g/mol. The van der Waals surface area contributed by atoms with E-state index in [4.69, 9.17) is 11.6 Å². The molecule has 5 nitrogen and oxygen atoms in total. The van der Waals surface area contributed by atoms with Gasteiger partial charge in [0, 0.05) is 25.8 Å². The Bertz CT molecular complexity index is 840. The Morgan fingerprint density at radius 3 is 2.32 bits per heavy atom. The Morgan fingerprint density at radius 1 is 1.09 bits per heavy atom. The predicted molar refractivity (Wildman–Crippen MR) is 76.7 cm³/mol. The summed E-state index contributed by atoms with van der Waals surface area (Å²) >= 11 is 5.53. The minimum atomic E-state index is -4.60. The Labute approximate surface area is 127 Å². The molecular weight excluding hydrogens is 323 g/mol. The lowest BCUT2D eigenvalue weighted by molar-refractivity contribution is -0.137. The highest BCUT2D eigenvalue weighted by molar-refractivity contribution is 6.31. The normalized spacial score (nSPS) is 11.5. The van der Waals surface area contributed by atoms with Crippen molar-refractivity contribution in [3.05, 3.63) is 55.7 Å². The maximum Gasteiger partial charge on any atom is 0.417 e. The van der Waals surface area contributed by atoms with Gasteiger partial charge in [-0.05, 0) is 18.2 Å². The van der Waals surface area contributed by atoms with E-state index in [1.54, 1.807) is 0 Å². The summed E-state index contributed by atoms with van der Waals surface area (Å²) in [5.74, 6) is 0.0727. The summed E-state index contributed by atoms with van der Waals surface area (Å²) in [6, 6.07) is 4.33. The van der Waals surface area contributed by atoms with Gasteiger partial charge in [0.25, 0.3) is 5.56 Å². The third-order valence-electron chi connectivity index (χ3n) is 3.07. The van der Waals surface area contributed by atoms with Crippen LogP contribution in [0.3, 0.4) is 0 Å². The van der Waals surface area contributed by atoms with E-state index in [1.807, 2.05) is 0 Å². The van der Waals surface area contributed by atoms with Crippen LogP contribution >= 0.6 is 11.6 Å². The van der Waals surface area contributed by atoms with Crippen LogP contribution in [0.1, 0.15) is 5.56 Å². The van der Waals surface area contributed by atoms with Crippen molar-refractivity contribution < 1.29 is 13.2 Å². The number of alkyl halides is 3. The van der Waals surface area contributed by atoms with Crippen molar-refractivity contribution in [1.29, 1.82) is 0 Å². The fourth-order valence-corrected chi connectivity index (χ4v) is 2.05. The fourth-order valence-electron chi connectivity index (χ4n) is 1.82. The SMILES string of the molecule is Cn1c(Nc2ccc(Cl)c(C(F)(F)F)c2)cc(=O)n(C)c1=O. The molecule has 1 aromatic carbocycles. The lowest BCUT2D eigenvalue weighted by Crippen LogP contribution is -2.37. The van der Waals surface area contributed by atoms with E-state index in [2.05, 4.69) is 5.32 Å². The molecule has 0 amide bonds. The number of hydrogen-bond acceptors (Lipinski definition) is 3. The molecule has 1 heterocycles. The predicted octanol–water partition coefficient (Wildman–Crippen LogP) is 2.50. The van der Waals surface area contributed by atoms with E-state index in [0.29, 0.717) is 0 Å². The minimum Gasteiger partial charge on any atom is -0.341 e. The molecule has 9 heteroatoms. The van der Waals surface area contributed by atoms with Crippen molar-refractivity contribution in [3.8, 4) is 0 Å². The van der Waals surface area contributed by atoms with Crippen LogP contribution in [0.4, 0.5) is 24.7 Å². The van der Waals surface area contributed by atoms with Gasteiger partial charge in [-0.3, -0.25) is 13.9 Å². The number of anilines is 2. The zero-order valence-electron chi connectivity index (χ0n) is 11.5. The lowest BCUT2D eigenvalue weighted by atomic mass is 10.2. The second kappa shape index (κ2) is 5.53. The number of hydrogen-bond donors (Lipinski definition) is 1. The summed E-state index contributed by atoms with van der Waals surface area (Å²) < 4.78 is 40.4. The highest BCUT2D eigenvalue weighted by Gasteiger charge is 2.33. The molecule has 0 aliphatic rings. The molecular formula is C13H11ClF3N3O2. The largest absolute Gasteiger partial charge is 0.417 e. The van der Waals surface area contributed by atoms with Gasteiger partial charge in [0.2, 0.25) is 0 Å². The summed E-state index contributed by atoms with van der Waals surface area (Å²) in [4.78, 5) is 23.4. The zero-order chi connectivity index (χ0) is 16.7. The number of nitrogens with zero attached hydrogens (tertiary/aromatic N) is 2. The highest BCUT2D eigenvalue weighted by atomic mass is 35.5. The van der Waals surface area contributed by atoms with Crippen molar-refractivity contribution >= 4 is 23.1 Å². The summed E-state index contributed by atoms with van der Waals surface area (Å²) in [5.41, 5.74) is -2.12. The third kappa shape index (κ3) is 3.01. The van der Waals surface area contributed by atoms with Crippen LogP contribution < -0.4 is 16.6 Å². The van der Waals surface area contributed by atoms with Crippen LogP contribution in [-0.4, -0.2) is 9.13 Å². The minimum absolute atomic E-state index is 0.0555. The fraction of sp³-hybridized carbons (Fsp3) is 0.231. The highest BCUT2D eigenvalue weighted by Crippen LogP contribution is 2.36. The Hall–Kier alpha value is -2.22. The topological polar surface area (TPSA) is 56.0 Å². The maximum absolute atomic E-state index is 12.8. The van der Waals surface area contributed by atoms with Crippen LogP contribution in [-0.2, 0) is 20.3 Å². The molecule has 0 fully saturated rings. The smallest absolute Gasteiger partial charge is 0.341 e. The van der Waals surface area contributed by atoms with Gasteiger partial charge in [-0.1, -0.05) is 11.6 Å². The van der Waals surface area contributed by atoms with Crippen LogP contribution in [0.2, 0.25) is 5.02 Å². The van der Waals surface area contributed by atoms with Crippen LogP contribution in [0.15, 0.2) is 33.9 Å². The first-order valence-corrected chi connectivity index (χ1v) is 6.40. The second-order valence-electron chi connectivity index (χ2n) is 4.59. The van der Waals surface area contributed by atoms with Crippen molar-refractivity contribution in [2.24, 2.45) is 14.1 Å². The molecule has 0 aliphatic heterocycles. The number of nitrogens with one attached hydrogen (secondary N) is 1. The molecule has 2 rings (SSSR count). The maximum atomic E-state index is 12.8. The van der Waals surface area contributed by atoms with Gasteiger partial charge < -0.3 is 5.32 Å². The van der Waals surface area contributed by atoms with Gasteiger partial charge in [0.05, 0.1) is 10.6 Å². The summed E-state index contributed by atoms with van der Waals surface area (Å²) in [5, 5.41) is 2.18. The van der Waals surface area contributed by atoms with Crippen LogP contribution in [0.5, 0.6) is 0 Å². The van der Waals surface area contributed by atoms with Gasteiger partial charge in [0.1, 0.15) is 5.82 Å². The monoisotopic (exact) mass is 333 g/mol. The molecule has 1 aromatic heterocycles. The van der Waals surface area contributed by atoms with Crippen molar-refractivity contribution in [1.82, 2.24) is 9.13 Å². The van der Waals surface area contributed by atoms with Gasteiger partial charge in [-0.2, -0.15) is 13.2 Å². The molecule has 1 N–H and O–H groups in total. The Morgan fingerprint density at radius 2 is 1.73 bits per heavy atom. The second-order valence-corrected chi connectivity index (χ2v) is 4.99. The van der Waals surface area contributed by atoms with E-state index in [1.165, 1.54) is 20.2 Å². The first-order chi connectivity index (χ1) is 10.1. The summed E-state index contributed by atoms with van der Waals surface area (Å²) in [7, 11) is 2.70. The van der Waals surface area contributed by atoms with Crippen molar-refractivity contribution in [2.45, 2.75) is 6.18 Å². The van der Waals surface area contributed by atoms with Crippen molar-refractivity contribution in [3.63, 3.8) is 0 Å². The number of aromatic nitrogens is 2. The lowest BCUT2D eigenvalue weighted by Gasteiger charge is -2.14. The molecule has 22 heavy (non-hydrogen) atoms. The summed E-state index contributed by atoms with van der Waals surface area (Å²) in [6.07, 6.45) is -4.60. The molecule has 118 valence electrons. The summed E-state index contributed by atoms with van der Waals surface area (Å²) in [6.45, 7) is 0. The Kier molecular flexibility index (Phi) is 4.06. The third-order valence-corrected chi connectivity index (χ3v) is 3.40. The van der Waals surface area contributed by atoms with E-state index in [-0.39, 0.29) is 11.5 Å². The molecule has 0 saturated carbocycles. The molecule has 0 atom stereocenters. The number of halogens is 4. The van der Waals surface area contributed by atoms with Gasteiger partial charge in [-0.15, -0.1) is 0 Å². The Balaban J connectivity index is 2.49. The first kappa shape index (κ1) is 16.2. The molecule has 0 unspecified atom stereocenters. The van der Waals surface area contributed by atoms with E-state index >= 15 is 0 Å². The molecule has 2 aromatic rings. The van der Waals surface area contributed by atoms with Crippen LogP contribution in [0.25, 0.3) is 0 Å². The van der Waals surface area contributed by atoms with Crippen LogP contribution in [0, 0.1) is 0 Å². The molecule has 0 radical (unpaired) electrons.